The summed E-state index contributed by atoms with van der Waals surface area (Å²) in [4.78, 5) is 2.06. The highest BCUT2D eigenvalue weighted by Crippen LogP contribution is 2.30. The molecule has 0 spiro atoms. The Labute approximate surface area is 120 Å². The van der Waals surface area contributed by atoms with E-state index in [0.717, 1.165) is 12.8 Å². The second-order valence-corrected chi connectivity index (χ2v) is 7.58. The predicted molar refractivity (Wildman–Crippen MR) is 79.4 cm³/mol. The summed E-state index contributed by atoms with van der Waals surface area (Å²) in [5.41, 5.74) is 0.0604. The maximum Gasteiger partial charge on any atom is 0.242 e. The molecule has 1 aromatic rings. The Kier molecular flexibility index (Phi) is 4.09. The van der Waals surface area contributed by atoms with Gasteiger partial charge in [-0.3, -0.25) is 0 Å². The number of aliphatic hydroxyl groups excluding tert-OH is 1. The summed E-state index contributed by atoms with van der Waals surface area (Å²) < 4.78 is 27.5. The number of nitrogens with one attached hydrogen (secondary N) is 1. The number of nitrogens with zero attached hydrogens (tertiary/aromatic N) is 1. The van der Waals surface area contributed by atoms with E-state index in [4.69, 9.17) is 0 Å². The van der Waals surface area contributed by atoms with E-state index in [1.165, 1.54) is 0 Å². The summed E-state index contributed by atoms with van der Waals surface area (Å²) in [5.74, 6) is 0. The van der Waals surface area contributed by atoms with Crippen LogP contribution < -0.4 is 9.62 Å². The Hall–Kier alpha value is -1.11. The molecule has 6 heteroatoms. The summed E-state index contributed by atoms with van der Waals surface area (Å²) in [6.45, 7) is 3.67. The lowest BCUT2D eigenvalue weighted by molar-refractivity contribution is 0.216. The molecule has 0 amide bonds. The van der Waals surface area contributed by atoms with Gasteiger partial charge in [0.15, 0.2) is 0 Å². The monoisotopic (exact) mass is 298 g/mol. The minimum atomic E-state index is -3.51. The molecule has 0 heterocycles. The lowest BCUT2D eigenvalue weighted by Crippen LogP contribution is -2.45. The van der Waals surface area contributed by atoms with Gasteiger partial charge in [0.05, 0.1) is 17.8 Å². The normalized spacial score (nSPS) is 16.2. The van der Waals surface area contributed by atoms with Crippen LogP contribution in [0.25, 0.3) is 0 Å². The van der Waals surface area contributed by atoms with Crippen LogP contribution in [0.4, 0.5) is 5.69 Å². The van der Waals surface area contributed by atoms with E-state index in [-0.39, 0.29) is 17.5 Å². The first-order valence-electron chi connectivity index (χ1n) is 6.74. The molecule has 1 aliphatic rings. The van der Waals surface area contributed by atoms with Crippen LogP contribution in [0.15, 0.2) is 29.2 Å². The van der Waals surface area contributed by atoms with E-state index >= 15 is 0 Å². The minimum Gasteiger partial charge on any atom is -0.394 e. The van der Waals surface area contributed by atoms with Gasteiger partial charge in [-0.2, -0.15) is 0 Å². The molecule has 0 unspecified atom stereocenters. The quantitative estimate of drug-likeness (QED) is 0.831. The van der Waals surface area contributed by atoms with Gasteiger partial charge in [0.25, 0.3) is 0 Å². The van der Waals surface area contributed by atoms with Gasteiger partial charge in [-0.25, -0.2) is 13.1 Å². The van der Waals surface area contributed by atoms with Crippen molar-refractivity contribution in [1.29, 1.82) is 0 Å². The van der Waals surface area contributed by atoms with Gasteiger partial charge >= 0.3 is 0 Å². The number of benzene rings is 1. The average molecular weight is 298 g/mol. The third-order valence-corrected chi connectivity index (χ3v) is 5.28. The van der Waals surface area contributed by atoms with Crippen LogP contribution in [0.2, 0.25) is 0 Å². The standard InChI is InChI=1S/C14H22N2O3S/c1-14(2,10-17)16(3)12-6-4-5-7-13(12)20(18,19)15-11-8-9-11/h4-7,11,15,17H,8-10H2,1-3H3. The van der Waals surface area contributed by atoms with Crippen molar-refractivity contribution in [3.8, 4) is 0 Å². The van der Waals surface area contributed by atoms with Gasteiger partial charge in [-0.1, -0.05) is 12.1 Å². The number of likely N-dealkylation sites (N-methyl/N-ethyl adjacent to an activating group) is 1. The second-order valence-electron chi connectivity index (χ2n) is 5.89. The minimum absolute atomic E-state index is 0.0616. The SMILES string of the molecule is CN(c1ccccc1S(=O)(=O)NC1CC1)C(C)(C)CO. The van der Waals surface area contributed by atoms with Crippen molar-refractivity contribution in [2.75, 3.05) is 18.6 Å². The molecule has 112 valence electrons. The third-order valence-electron chi connectivity index (χ3n) is 3.71. The Balaban J connectivity index is 2.40. The molecule has 1 aliphatic carbocycles. The van der Waals surface area contributed by atoms with Crippen molar-refractivity contribution in [3.05, 3.63) is 24.3 Å². The maximum absolute atomic E-state index is 12.4. The van der Waals surface area contributed by atoms with Crippen LogP contribution in [-0.4, -0.2) is 38.8 Å². The highest BCUT2D eigenvalue weighted by atomic mass is 32.2. The third kappa shape index (κ3) is 3.13. The van der Waals surface area contributed by atoms with Crippen molar-refractivity contribution in [2.45, 2.75) is 43.2 Å². The molecular weight excluding hydrogens is 276 g/mol. The Bertz CT molecular complexity index is 580. The molecule has 2 N–H and O–H groups in total. The van der Waals surface area contributed by atoms with Crippen molar-refractivity contribution < 1.29 is 13.5 Å². The molecule has 0 radical (unpaired) electrons. The zero-order chi connectivity index (χ0) is 15.0. The Morgan fingerprint density at radius 1 is 1.35 bits per heavy atom. The fourth-order valence-electron chi connectivity index (χ4n) is 1.88. The van der Waals surface area contributed by atoms with E-state index in [2.05, 4.69) is 4.72 Å². The molecule has 1 aromatic carbocycles. The Morgan fingerprint density at radius 3 is 2.50 bits per heavy atom. The van der Waals surface area contributed by atoms with E-state index in [1.807, 2.05) is 13.8 Å². The van der Waals surface area contributed by atoms with Crippen molar-refractivity contribution in [3.63, 3.8) is 0 Å². The number of hydrogen-bond acceptors (Lipinski definition) is 4. The molecule has 1 fully saturated rings. The first-order valence-corrected chi connectivity index (χ1v) is 8.22. The molecule has 0 bridgehead atoms. The number of aliphatic hydroxyl groups is 1. The number of para-hydroxylation sites is 1. The second kappa shape index (κ2) is 5.35. The van der Waals surface area contributed by atoms with Gasteiger partial charge in [0.2, 0.25) is 10.0 Å². The maximum atomic E-state index is 12.4. The molecule has 20 heavy (non-hydrogen) atoms. The molecule has 0 aliphatic heterocycles. The highest BCUT2D eigenvalue weighted by molar-refractivity contribution is 7.89. The summed E-state index contributed by atoms with van der Waals surface area (Å²) in [6, 6.07) is 6.95. The Morgan fingerprint density at radius 2 is 1.95 bits per heavy atom. The fourth-order valence-corrected chi connectivity index (χ4v) is 3.42. The van der Waals surface area contributed by atoms with Gasteiger partial charge in [-0.15, -0.1) is 0 Å². The van der Waals surface area contributed by atoms with Crippen molar-refractivity contribution in [1.82, 2.24) is 4.72 Å². The van der Waals surface area contributed by atoms with Gasteiger partial charge in [0, 0.05) is 13.1 Å². The molecule has 5 nitrogen and oxygen atoms in total. The zero-order valence-electron chi connectivity index (χ0n) is 12.1. The molecule has 0 atom stereocenters. The summed E-state index contributed by atoms with van der Waals surface area (Å²) >= 11 is 0. The summed E-state index contributed by atoms with van der Waals surface area (Å²) in [6.07, 6.45) is 1.80. The molecule has 0 aromatic heterocycles. The van der Waals surface area contributed by atoms with Crippen LogP contribution >= 0.6 is 0 Å². The number of hydrogen-bond donors (Lipinski definition) is 2. The van der Waals surface area contributed by atoms with Gasteiger partial charge in [-0.05, 0) is 38.8 Å². The average Bonchev–Trinajstić information content (AvgIpc) is 3.21. The number of anilines is 1. The van der Waals surface area contributed by atoms with Crippen LogP contribution in [0.5, 0.6) is 0 Å². The molecule has 2 rings (SSSR count). The van der Waals surface area contributed by atoms with Crippen LogP contribution in [0.3, 0.4) is 0 Å². The summed E-state index contributed by atoms with van der Waals surface area (Å²) in [7, 11) is -1.72. The van der Waals surface area contributed by atoms with E-state index < -0.39 is 15.6 Å². The number of sulfonamides is 1. The topological polar surface area (TPSA) is 69.6 Å². The van der Waals surface area contributed by atoms with Gasteiger partial charge in [0.1, 0.15) is 4.90 Å². The fraction of sp³-hybridized carbons (Fsp3) is 0.571. The molecular formula is C14H22N2O3S. The largest absolute Gasteiger partial charge is 0.394 e. The van der Waals surface area contributed by atoms with E-state index in [9.17, 15) is 13.5 Å². The zero-order valence-corrected chi connectivity index (χ0v) is 12.9. The first-order chi connectivity index (χ1) is 9.28. The van der Waals surface area contributed by atoms with Crippen molar-refractivity contribution in [2.24, 2.45) is 0 Å². The van der Waals surface area contributed by atoms with E-state index in [1.54, 1.807) is 36.2 Å². The molecule has 1 saturated carbocycles. The first kappa shape index (κ1) is 15.3. The summed E-state index contributed by atoms with van der Waals surface area (Å²) in [5, 5.41) is 9.47. The van der Waals surface area contributed by atoms with Crippen LogP contribution in [0.1, 0.15) is 26.7 Å². The smallest absolute Gasteiger partial charge is 0.242 e. The highest BCUT2D eigenvalue weighted by Gasteiger charge is 2.32. The van der Waals surface area contributed by atoms with E-state index in [0.29, 0.717) is 5.69 Å². The van der Waals surface area contributed by atoms with Crippen LogP contribution in [0, 0.1) is 0 Å². The van der Waals surface area contributed by atoms with Gasteiger partial charge < -0.3 is 10.0 Å². The van der Waals surface area contributed by atoms with Crippen molar-refractivity contribution >= 4 is 15.7 Å². The molecule has 0 saturated heterocycles. The predicted octanol–water partition coefficient (Wildman–Crippen LogP) is 1.33. The lowest BCUT2D eigenvalue weighted by Gasteiger charge is -2.36. The number of rotatable bonds is 6. The van der Waals surface area contributed by atoms with Crippen LogP contribution in [-0.2, 0) is 10.0 Å². The lowest BCUT2D eigenvalue weighted by atomic mass is 10.0.